The lowest BCUT2D eigenvalue weighted by atomic mass is 9.97. The van der Waals surface area contributed by atoms with Gasteiger partial charge in [-0.05, 0) is 128 Å². The lowest BCUT2D eigenvalue weighted by Crippen LogP contribution is -2.70. The van der Waals surface area contributed by atoms with Crippen LogP contribution in [-0.4, -0.2) is 88.8 Å². The van der Waals surface area contributed by atoms with E-state index < -0.39 is 33.3 Å². The molecule has 0 saturated heterocycles. The minimum absolute atomic E-state index is 0.0215. The van der Waals surface area contributed by atoms with Crippen LogP contribution in [0.5, 0.6) is 5.75 Å². The minimum Gasteiger partial charge on any atom is -0.543 e. The van der Waals surface area contributed by atoms with Crippen molar-refractivity contribution >= 4 is 55.2 Å². The molecule has 11 heteroatoms. The first kappa shape index (κ1) is 53.2. The topological polar surface area (TPSA) is 58.6 Å². The Labute approximate surface area is 400 Å². The van der Waals surface area contributed by atoms with Crippen molar-refractivity contribution in [1.29, 1.82) is 0 Å². The number of likely N-dealkylation sites (N-methyl/N-ethyl adjacent to an activating group) is 1. The molecule has 360 valence electrons. The monoisotopic (exact) mass is 958 g/mol. The van der Waals surface area contributed by atoms with Gasteiger partial charge < -0.3 is 32.1 Å². The predicted molar refractivity (Wildman–Crippen MR) is 285 cm³/mol. The van der Waals surface area contributed by atoms with Crippen LogP contribution in [0.1, 0.15) is 108 Å². The highest BCUT2D eigenvalue weighted by Crippen LogP contribution is 2.46. The van der Waals surface area contributed by atoms with Gasteiger partial charge in [0.15, 0.2) is 16.6 Å². The number of rotatable bonds is 16. The van der Waals surface area contributed by atoms with Crippen LogP contribution in [0.25, 0.3) is 11.5 Å². The maximum absolute atomic E-state index is 7.88. The molecule has 3 aromatic carbocycles. The van der Waals surface area contributed by atoms with Crippen molar-refractivity contribution < 1.29 is 27.2 Å². The first-order chi connectivity index (χ1) is 30.1. The highest BCUT2D eigenvalue weighted by molar-refractivity contribution is 6.99. The molecule has 0 saturated carbocycles. The molecule has 2 heterocycles. The number of benzene rings is 3. The van der Waals surface area contributed by atoms with E-state index in [0.29, 0.717) is 0 Å². The zero-order valence-corrected chi connectivity index (χ0v) is 48.1. The van der Waals surface area contributed by atoms with Crippen molar-refractivity contribution in [2.24, 2.45) is 0 Å². The van der Waals surface area contributed by atoms with Gasteiger partial charge in [-0.3, -0.25) is 0 Å². The van der Waals surface area contributed by atoms with Crippen molar-refractivity contribution in [1.82, 2.24) is 4.90 Å². The zero-order chi connectivity index (χ0) is 48.6. The van der Waals surface area contributed by atoms with Gasteiger partial charge in [-0.1, -0.05) is 144 Å². The van der Waals surface area contributed by atoms with Gasteiger partial charge in [0.25, 0.3) is 16.6 Å². The van der Waals surface area contributed by atoms with E-state index in [2.05, 4.69) is 233 Å². The highest BCUT2D eigenvalue weighted by atomic mass is 28.4. The van der Waals surface area contributed by atoms with Gasteiger partial charge in [0.05, 0.1) is 17.7 Å². The lowest BCUT2D eigenvalue weighted by molar-refractivity contribution is -0.0331. The van der Waals surface area contributed by atoms with E-state index in [1.54, 1.807) is 0 Å². The molecule has 65 heavy (non-hydrogen) atoms. The molecule has 0 aliphatic carbocycles. The molecule has 0 unspecified atom stereocenters. The Kier molecular flexibility index (Phi) is 16.4. The van der Waals surface area contributed by atoms with E-state index >= 15 is 0 Å². The van der Waals surface area contributed by atoms with Crippen LogP contribution in [0.2, 0.25) is 59.4 Å². The highest BCUT2D eigenvalue weighted by Gasteiger charge is 2.54. The van der Waals surface area contributed by atoms with E-state index in [0.717, 1.165) is 46.5 Å². The van der Waals surface area contributed by atoms with Gasteiger partial charge in [0, 0.05) is 5.56 Å². The standard InChI is InChI=1S/C54H87NO6Si4/c1-21-64(22-2,23-3)59-46-35-34-41(47-38-49(58-62(17,18)52(6,7)8)51(40(5)56-47)60-63(19,20)53(9,10)11)36-44(46)48-37-45(55(15)16)50(39(4)57-48)61-65(54(12,13)14,42-30-26-24-27-31-42)43-32-28-25-29-33-43/h24-40,45,49-51H,21-23H2,1-20H3/t39-,40-,45+,49-,50-,51-/m0/s1. The zero-order valence-electron chi connectivity index (χ0n) is 44.1. The Morgan fingerprint density at radius 3 is 1.51 bits per heavy atom. The summed E-state index contributed by atoms with van der Waals surface area (Å²) >= 11 is 0. The smallest absolute Gasteiger partial charge is 0.261 e. The molecule has 0 radical (unpaired) electrons. The largest absolute Gasteiger partial charge is 0.543 e. The summed E-state index contributed by atoms with van der Waals surface area (Å²) in [5, 5.41) is 2.38. The van der Waals surface area contributed by atoms with Crippen molar-refractivity contribution in [3.63, 3.8) is 0 Å². The van der Waals surface area contributed by atoms with Gasteiger partial charge in [-0.25, -0.2) is 0 Å². The summed E-state index contributed by atoms with van der Waals surface area (Å²) in [5.41, 5.74) is 1.91. The average molecular weight is 959 g/mol. The SMILES string of the molecule is CC[Si](CC)(CC)Oc1ccc(C2=C[C@H](O[Si](C)(C)C(C)(C)C)[C@@H](O[Si](C)(C)C(C)(C)C)[C@H](C)O2)cc1C1=C[C@@H](N(C)C)[C@@H](O[Si](c2ccccc2)(c2ccccc2)C(C)(C)C)[C@H](C)O1. The van der Waals surface area contributed by atoms with Crippen LogP contribution in [0, 0.1) is 0 Å². The van der Waals surface area contributed by atoms with Gasteiger partial charge in [-0.15, -0.1) is 0 Å². The number of hydrogen-bond donors (Lipinski definition) is 0. The third-order valence-electron chi connectivity index (χ3n) is 15.4. The van der Waals surface area contributed by atoms with Crippen LogP contribution < -0.4 is 14.8 Å². The quantitative estimate of drug-likeness (QED) is 0.133. The Bertz CT molecular complexity index is 2050. The molecule has 3 aromatic rings. The Hall–Kier alpha value is -2.75. The third-order valence-corrected chi connectivity index (χ3v) is 33.9. The van der Waals surface area contributed by atoms with Gasteiger partial charge in [-0.2, -0.15) is 0 Å². The summed E-state index contributed by atoms with van der Waals surface area (Å²) in [6.45, 7) is 41.3. The van der Waals surface area contributed by atoms with Gasteiger partial charge in [0.2, 0.25) is 0 Å². The Morgan fingerprint density at radius 2 is 1.05 bits per heavy atom. The van der Waals surface area contributed by atoms with E-state index in [1.165, 1.54) is 10.4 Å². The van der Waals surface area contributed by atoms with E-state index in [4.69, 9.17) is 27.2 Å². The molecule has 0 fully saturated rings. The van der Waals surface area contributed by atoms with Crippen LogP contribution in [-0.2, 0) is 22.8 Å². The van der Waals surface area contributed by atoms with Crippen LogP contribution in [0.3, 0.4) is 0 Å². The molecule has 2 aliphatic rings. The average Bonchev–Trinajstić information content (AvgIpc) is 3.22. The van der Waals surface area contributed by atoms with Crippen molar-refractivity contribution in [3.05, 3.63) is 102 Å². The Balaban J connectivity index is 1.69. The normalized spacial score (nSPS) is 22.8. The number of hydrogen-bond acceptors (Lipinski definition) is 7. The fraction of sp³-hybridized carbons (Fsp3) is 0.593. The fourth-order valence-electron chi connectivity index (χ4n) is 8.94. The summed E-state index contributed by atoms with van der Waals surface area (Å²) in [6, 6.07) is 31.4. The van der Waals surface area contributed by atoms with Crippen molar-refractivity contribution in [2.45, 2.75) is 193 Å². The minimum atomic E-state index is -2.93. The van der Waals surface area contributed by atoms with Gasteiger partial charge >= 0.3 is 0 Å². The summed E-state index contributed by atoms with van der Waals surface area (Å²) in [4.78, 5) is 2.29. The Morgan fingerprint density at radius 1 is 0.569 bits per heavy atom. The molecule has 2 aliphatic heterocycles. The van der Waals surface area contributed by atoms with E-state index in [-0.39, 0.29) is 51.7 Å². The second-order valence-electron chi connectivity index (χ2n) is 23.1. The van der Waals surface area contributed by atoms with Crippen LogP contribution >= 0.6 is 0 Å². The number of nitrogens with zero attached hydrogens (tertiary/aromatic N) is 1. The van der Waals surface area contributed by atoms with Gasteiger partial charge in [0.1, 0.15) is 41.7 Å². The maximum atomic E-state index is 7.88. The van der Waals surface area contributed by atoms with Crippen LogP contribution in [0.4, 0.5) is 0 Å². The van der Waals surface area contributed by atoms with Crippen molar-refractivity contribution in [2.75, 3.05) is 14.1 Å². The molecule has 0 N–H and O–H groups in total. The lowest BCUT2D eigenvalue weighted by Gasteiger charge is -2.49. The molecular formula is C54H87NO6Si4. The fourth-order valence-corrected chi connectivity index (χ4v) is 18.9. The van der Waals surface area contributed by atoms with Crippen molar-refractivity contribution in [3.8, 4) is 5.75 Å². The second-order valence-corrected chi connectivity index (χ2v) is 41.6. The number of ether oxygens (including phenoxy) is 2. The van der Waals surface area contributed by atoms with Crippen LogP contribution in [0.15, 0.2) is 91.0 Å². The molecule has 7 nitrogen and oxygen atoms in total. The molecule has 0 aromatic heterocycles. The third kappa shape index (κ3) is 11.2. The summed E-state index contributed by atoms with van der Waals surface area (Å²) in [7, 11) is -5.14. The molecular weight excluding hydrogens is 871 g/mol. The van der Waals surface area contributed by atoms with E-state index in [1.807, 2.05) is 0 Å². The molecule has 0 bridgehead atoms. The summed E-state index contributed by atoms with van der Waals surface area (Å²) in [5.74, 6) is 2.47. The first-order valence-electron chi connectivity index (χ1n) is 24.5. The second kappa shape index (κ2) is 20.1. The summed E-state index contributed by atoms with van der Waals surface area (Å²) in [6.07, 6.45) is 3.20. The maximum Gasteiger partial charge on any atom is 0.261 e. The molecule has 5 rings (SSSR count). The summed E-state index contributed by atoms with van der Waals surface area (Å²) < 4.78 is 43.9. The molecule has 0 amide bonds. The molecule has 6 atom stereocenters. The first-order valence-corrected chi connectivity index (χ1v) is 34.7. The molecule has 0 spiro atoms. The predicted octanol–water partition coefficient (Wildman–Crippen LogP) is 13.2. The van der Waals surface area contributed by atoms with E-state index in [9.17, 15) is 0 Å².